The lowest BCUT2D eigenvalue weighted by Crippen LogP contribution is -2.03. The Morgan fingerprint density at radius 1 is 1.30 bits per heavy atom. The maximum Gasteiger partial charge on any atom is 0.191 e. The minimum atomic E-state index is -0.286. The summed E-state index contributed by atoms with van der Waals surface area (Å²) in [5.74, 6) is 2.01. The van der Waals surface area contributed by atoms with Crippen LogP contribution in [0.3, 0.4) is 0 Å². The molecule has 0 atom stereocenters. The molecule has 23 heavy (non-hydrogen) atoms. The Labute approximate surface area is 138 Å². The molecule has 2 aromatic heterocycles. The van der Waals surface area contributed by atoms with Crippen molar-refractivity contribution in [2.24, 2.45) is 0 Å². The van der Waals surface area contributed by atoms with Crippen molar-refractivity contribution < 1.29 is 4.39 Å². The second-order valence-corrected chi connectivity index (χ2v) is 6.04. The number of benzene rings is 1. The lowest BCUT2D eigenvalue weighted by molar-refractivity contribution is 0.637. The van der Waals surface area contributed by atoms with Crippen molar-refractivity contribution in [1.29, 1.82) is 0 Å². The number of aryl methyl sites for hydroxylation is 2. The second kappa shape index (κ2) is 6.54. The number of fused-ring (bicyclic) bond motifs is 1. The number of hydrogen-bond acceptors (Lipinski definition) is 4. The first-order valence-corrected chi connectivity index (χ1v) is 8.41. The zero-order chi connectivity index (χ0) is 16.4. The summed E-state index contributed by atoms with van der Waals surface area (Å²) in [6, 6.07) is 5.05. The molecule has 0 amide bonds. The smallest absolute Gasteiger partial charge is 0.191 e. The van der Waals surface area contributed by atoms with Crippen LogP contribution in [0, 0.1) is 12.7 Å². The molecule has 0 radical (unpaired) electrons. The highest BCUT2D eigenvalue weighted by Crippen LogP contribution is 2.25. The summed E-state index contributed by atoms with van der Waals surface area (Å²) >= 11 is 1.55. The number of para-hydroxylation sites is 1. The number of halogens is 1. The van der Waals surface area contributed by atoms with Crippen molar-refractivity contribution in [1.82, 2.24) is 24.3 Å². The Bertz CT molecular complexity index is 852. The van der Waals surface area contributed by atoms with E-state index in [4.69, 9.17) is 0 Å². The Morgan fingerprint density at radius 3 is 2.87 bits per heavy atom. The fraction of sp³-hybridized carbons (Fsp3) is 0.312. The molecule has 0 N–H and O–H groups in total. The van der Waals surface area contributed by atoms with Crippen molar-refractivity contribution in [2.45, 2.75) is 37.8 Å². The maximum atomic E-state index is 13.9. The predicted octanol–water partition coefficient (Wildman–Crippen LogP) is 3.57. The Hall–Kier alpha value is -2.15. The number of aromatic nitrogens is 5. The highest BCUT2D eigenvalue weighted by atomic mass is 32.2. The van der Waals surface area contributed by atoms with Crippen LogP contribution in [0.1, 0.15) is 18.6 Å². The first kappa shape index (κ1) is 15.7. The highest BCUT2D eigenvalue weighted by molar-refractivity contribution is 7.98. The molecule has 3 aromatic rings. The average Bonchev–Trinajstić information content (AvgIpc) is 3.08. The zero-order valence-electron chi connectivity index (χ0n) is 13.2. The van der Waals surface area contributed by atoms with Gasteiger partial charge < -0.3 is 9.13 Å². The third-order valence-corrected chi connectivity index (χ3v) is 4.63. The summed E-state index contributed by atoms with van der Waals surface area (Å²) in [6.45, 7) is 9.12. The summed E-state index contributed by atoms with van der Waals surface area (Å²) in [7, 11) is 0. The molecule has 7 heteroatoms. The zero-order valence-corrected chi connectivity index (χ0v) is 14.0. The molecular weight excluding hydrogens is 313 g/mol. The second-order valence-electron chi connectivity index (χ2n) is 5.10. The van der Waals surface area contributed by atoms with Crippen LogP contribution < -0.4 is 0 Å². The monoisotopic (exact) mass is 331 g/mol. The molecule has 0 saturated carbocycles. The summed E-state index contributed by atoms with van der Waals surface area (Å²) in [4.78, 5) is 4.47. The number of rotatable bonds is 6. The molecule has 5 nitrogen and oxygen atoms in total. The first-order chi connectivity index (χ1) is 11.2. The summed E-state index contributed by atoms with van der Waals surface area (Å²) < 4.78 is 18.0. The Morgan fingerprint density at radius 2 is 2.13 bits per heavy atom. The van der Waals surface area contributed by atoms with Crippen LogP contribution in [0.5, 0.6) is 0 Å². The third-order valence-electron chi connectivity index (χ3n) is 3.67. The van der Waals surface area contributed by atoms with Crippen molar-refractivity contribution in [3.63, 3.8) is 0 Å². The van der Waals surface area contributed by atoms with E-state index < -0.39 is 0 Å². The average molecular weight is 331 g/mol. The van der Waals surface area contributed by atoms with Crippen LogP contribution in [-0.4, -0.2) is 24.3 Å². The van der Waals surface area contributed by atoms with Crippen LogP contribution >= 0.6 is 11.8 Å². The van der Waals surface area contributed by atoms with E-state index in [1.165, 1.54) is 6.07 Å². The number of allylic oxidation sites excluding steroid dienone is 1. The molecule has 1 aromatic carbocycles. The van der Waals surface area contributed by atoms with Gasteiger partial charge in [-0.3, -0.25) is 0 Å². The van der Waals surface area contributed by atoms with Crippen LogP contribution in [0.2, 0.25) is 0 Å². The summed E-state index contributed by atoms with van der Waals surface area (Å²) in [5.41, 5.74) is 1.25. The Balaban J connectivity index is 1.90. The third kappa shape index (κ3) is 2.88. The molecule has 0 saturated heterocycles. The molecule has 0 aliphatic heterocycles. The fourth-order valence-electron chi connectivity index (χ4n) is 2.56. The van der Waals surface area contributed by atoms with E-state index in [1.54, 1.807) is 17.8 Å². The highest BCUT2D eigenvalue weighted by Gasteiger charge is 2.15. The molecular formula is C16H18FN5S. The lowest BCUT2D eigenvalue weighted by atomic mass is 10.3. The predicted molar refractivity (Wildman–Crippen MR) is 89.9 cm³/mol. The molecule has 0 aliphatic rings. The van der Waals surface area contributed by atoms with E-state index in [0.717, 1.165) is 28.9 Å². The molecule has 0 unspecified atom stereocenters. The van der Waals surface area contributed by atoms with Gasteiger partial charge >= 0.3 is 0 Å². The minimum absolute atomic E-state index is 0.286. The number of imidazole rings is 1. The molecule has 0 fully saturated rings. The largest absolute Gasteiger partial charge is 0.327 e. The lowest BCUT2D eigenvalue weighted by Gasteiger charge is -2.07. The van der Waals surface area contributed by atoms with E-state index in [9.17, 15) is 4.39 Å². The number of hydrogen-bond donors (Lipinski definition) is 0. The van der Waals surface area contributed by atoms with Gasteiger partial charge in [-0.25, -0.2) is 9.37 Å². The Kier molecular flexibility index (Phi) is 4.47. The summed E-state index contributed by atoms with van der Waals surface area (Å²) in [6.07, 6.45) is 1.82. The van der Waals surface area contributed by atoms with Gasteiger partial charge in [0.05, 0.1) is 11.3 Å². The quantitative estimate of drug-likeness (QED) is 0.512. The van der Waals surface area contributed by atoms with Gasteiger partial charge in [0.15, 0.2) is 11.0 Å². The van der Waals surface area contributed by atoms with E-state index in [0.29, 0.717) is 17.8 Å². The van der Waals surface area contributed by atoms with E-state index >= 15 is 0 Å². The molecule has 0 spiro atoms. The normalized spacial score (nSPS) is 11.3. The van der Waals surface area contributed by atoms with Gasteiger partial charge in [-0.15, -0.1) is 16.8 Å². The van der Waals surface area contributed by atoms with Crippen molar-refractivity contribution >= 4 is 22.8 Å². The molecule has 2 heterocycles. The van der Waals surface area contributed by atoms with Crippen LogP contribution in [0.15, 0.2) is 36.0 Å². The standard InChI is InChI=1S/C16H18FN5S/c1-4-9-22-11(3)19-20-16(22)23-10-14-18-15-12(17)7-6-8-13(15)21(14)5-2/h4,6-8H,1,5,9-10H2,2-3H3. The van der Waals surface area contributed by atoms with Gasteiger partial charge in [-0.1, -0.05) is 23.9 Å². The van der Waals surface area contributed by atoms with Gasteiger partial charge in [0.1, 0.15) is 17.2 Å². The topological polar surface area (TPSA) is 48.5 Å². The van der Waals surface area contributed by atoms with E-state index in [-0.39, 0.29) is 5.82 Å². The van der Waals surface area contributed by atoms with Gasteiger partial charge in [-0.05, 0) is 26.0 Å². The van der Waals surface area contributed by atoms with Crippen LogP contribution in [0.25, 0.3) is 11.0 Å². The number of thioether (sulfide) groups is 1. The molecule has 120 valence electrons. The van der Waals surface area contributed by atoms with Gasteiger partial charge in [-0.2, -0.15) is 0 Å². The molecule has 0 bridgehead atoms. The van der Waals surface area contributed by atoms with Crippen molar-refractivity contribution in [3.8, 4) is 0 Å². The molecule has 0 aliphatic carbocycles. The van der Waals surface area contributed by atoms with Crippen LogP contribution in [-0.2, 0) is 18.8 Å². The fourth-order valence-corrected chi connectivity index (χ4v) is 3.50. The van der Waals surface area contributed by atoms with E-state index in [1.807, 2.05) is 35.1 Å². The SMILES string of the molecule is C=CCn1c(C)nnc1SCc1nc2c(F)cccc2n1CC. The van der Waals surface area contributed by atoms with Gasteiger partial charge in [0, 0.05) is 13.1 Å². The van der Waals surface area contributed by atoms with E-state index in [2.05, 4.69) is 21.8 Å². The minimum Gasteiger partial charge on any atom is -0.327 e. The van der Waals surface area contributed by atoms with Crippen LogP contribution in [0.4, 0.5) is 4.39 Å². The van der Waals surface area contributed by atoms with Gasteiger partial charge in [0.25, 0.3) is 0 Å². The van der Waals surface area contributed by atoms with Crippen molar-refractivity contribution in [3.05, 3.63) is 48.3 Å². The molecule has 3 rings (SSSR count). The summed E-state index contributed by atoms with van der Waals surface area (Å²) in [5, 5.41) is 9.11. The van der Waals surface area contributed by atoms with Crippen molar-refractivity contribution in [2.75, 3.05) is 0 Å². The van der Waals surface area contributed by atoms with Gasteiger partial charge in [0.2, 0.25) is 0 Å². The maximum absolute atomic E-state index is 13.9. The first-order valence-electron chi connectivity index (χ1n) is 7.42. The number of nitrogens with zero attached hydrogens (tertiary/aromatic N) is 5.